The van der Waals surface area contributed by atoms with Crippen LogP contribution in [-0.2, 0) is 0 Å². The lowest BCUT2D eigenvalue weighted by atomic mass is 10.2. The van der Waals surface area contributed by atoms with Crippen molar-refractivity contribution in [3.8, 4) is 0 Å². The van der Waals surface area contributed by atoms with Crippen LogP contribution in [0, 0.1) is 11.8 Å². The van der Waals surface area contributed by atoms with Crippen molar-refractivity contribution in [3.05, 3.63) is 33.8 Å². The van der Waals surface area contributed by atoms with Crippen LogP contribution in [0.15, 0.2) is 18.2 Å². The minimum Gasteiger partial charge on any atom is -0.349 e. The highest BCUT2D eigenvalue weighted by Crippen LogP contribution is 2.41. The smallest absolute Gasteiger partial charge is 0.253 e. The molecule has 1 aromatic carbocycles. The maximum Gasteiger partial charge on any atom is 0.253 e. The van der Waals surface area contributed by atoms with E-state index in [1.165, 1.54) is 0 Å². The molecule has 0 spiro atoms. The zero-order valence-electron chi connectivity index (χ0n) is 9.45. The maximum atomic E-state index is 12.0. The standard InChI is InChI=1S/C12H12Cl2N2O.ClH/c13-6-1-2-7(10(14)3-6)12(17)16-11-8-4-15-5-9(8)11;/h1-3,8-9,11,15H,4-5H2,(H,16,17);1H. The third-order valence-corrected chi connectivity index (χ3v) is 4.11. The number of hydrogen-bond donors (Lipinski definition) is 2. The molecule has 1 amide bonds. The van der Waals surface area contributed by atoms with Gasteiger partial charge in [-0.15, -0.1) is 12.4 Å². The zero-order valence-corrected chi connectivity index (χ0v) is 11.8. The summed E-state index contributed by atoms with van der Waals surface area (Å²) in [5, 5.41) is 7.26. The summed E-state index contributed by atoms with van der Waals surface area (Å²) in [7, 11) is 0. The number of rotatable bonds is 2. The first-order valence-corrected chi connectivity index (χ1v) is 6.39. The van der Waals surface area contributed by atoms with Gasteiger partial charge < -0.3 is 10.6 Å². The summed E-state index contributed by atoms with van der Waals surface area (Å²) in [6, 6.07) is 5.25. The summed E-state index contributed by atoms with van der Waals surface area (Å²) in [5.41, 5.74) is 0.494. The topological polar surface area (TPSA) is 41.1 Å². The Morgan fingerprint density at radius 3 is 2.56 bits per heavy atom. The minimum absolute atomic E-state index is 0. The van der Waals surface area contributed by atoms with Crippen molar-refractivity contribution in [1.82, 2.24) is 10.6 Å². The number of carbonyl (C=O) groups excluding carboxylic acids is 1. The summed E-state index contributed by atoms with van der Waals surface area (Å²) >= 11 is 11.8. The molecule has 1 aliphatic heterocycles. The molecule has 1 saturated heterocycles. The van der Waals surface area contributed by atoms with E-state index < -0.39 is 0 Å². The van der Waals surface area contributed by atoms with E-state index in [9.17, 15) is 4.79 Å². The lowest BCUT2D eigenvalue weighted by Gasteiger charge is -2.09. The third kappa shape index (κ3) is 2.45. The largest absolute Gasteiger partial charge is 0.349 e. The van der Waals surface area contributed by atoms with Gasteiger partial charge in [0.1, 0.15) is 0 Å². The highest BCUT2D eigenvalue weighted by atomic mass is 35.5. The summed E-state index contributed by atoms with van der Waals surface area (Å²) in [6.45, 7) is 2.01. The zero-order chi connectivity index (χ0) is 12.0. The molecule has 3 nitrogen and oxygen atoms in total. The Balaban J connectivity index is 0.00000120. The van der Waals surface area contributed by atoms with Gasteiger partial charge >= 0.3 is 0 Å². The molecule has 0 radical (unpaired) electrons. The van der Waals surface area contributed by atoms with E-state index in [4.69, 9.17) is 23.2 Å². The molecule has 2 fully saturated rings. The lowest BCUT2D eigenvalue weighted by Crippen LogP contribution is -2.32. The van der Waals surface area contributed by atoms with Gasteiger partial charge in [-0.25, -0.2) is 0 Å². The molecule has 2 unspecified atom stereocenters. The fourth-order valence-corrected chi connectivity index (χ4v) is 3.03. The van der Waals surface area contributed by atoms with E-state index >= 15 is 0 Å². The number of piperidine rings is 1. The van der Waals surface area contributed by atoms with Crippen LogP contribution < -0.4 is 10.6 Å². The first kappa shape index (κ1) is 13.9. The Bertz CT molecular complexity index is 470. The van der Waals surface area contributed by atoms with Gasteiger partial charge in [0.25, 0.3) is 5.91 Å². The number of hydrogen-bond acceptors (Lipinski definition) is 2. The molecular weight excluding hydrogens is 295 g/mol. The number of carbonyl (C=O) groups is 1. The Kier molecular flexibility index (Phi) is 4.07. The van der Waals surface area contributed by atoms with E-state index in [-0.39, 0.29) is 18.3 Å². The van der Waals surface area contributed by atoms with Crippen LogP contribution >= 0.6 is 35.6 Å². The van der Waals surface area contributed by atoms with Gasteiger partial charge in [-0.1, -0.05) is 23.2 Å². The van der Waals surface area contributed by atoms with Crippen LogP contribution in [-0.4, -0.2) is 25.0 Å². The summed E-state index contributed by atoms with van der Waals surface area (Å²) in [6.07, 6.45) is 0. The van der Waals surface area contributed by atoms with Crippen molar-refractivity contribution in [2.24, 2.45) is 11.8 Å². The van der Waals surface area contributed by atoms with Crippen LogP contribution in [0.25, 0.3) is 0 Å². The molecule has 1 aromatic rings. The molecule has 3 rings (SSSR count). The van der Waals surface area contributed by atoms with Gasteiger partial charge in [0.05, 0.1) is 10.6 Å². The van der Waals surface area contributed by atoms with Gasteiger partial charge in [-0.05, 0) is 30.0 Å². The van der Waals surface area contributed by atoms with Crippen molar-refractivity contribution in [1.29, 1.82) is 0 Å². The predicted octanol–water partition coefficient (Wildman–Crippen LogP) is 2.36. The van der Waals surface area contributed by atoms with Gasteiger partial charge in [0.15, 0.2) is 0 Å². The second-order valence-corrected chi connectivity index (χ2v) is 5.45. The Hall–Kier alpha value is -0.480. The Morgan fingerprint density at radius 2 is 1.94 bits per heavy atom. The first-order valence-electron chi connectivity index (χ1n) is 5.63. The van der Waals surface area contributed by atoms with Gasteiger partial charge in [-0.3, -0.25) is 4.79 Å². The highest BCUT2D eigenvalue weighted by molar-refractivity contribution is 6.36. The average molecular weight is 308 g/mol. The van der Waals surface area contributed by atoms with E-state index in [1.807, 2.05) is 0 Å². The van der Waals surface area contributed by atoms with Crippen LogP contribution in [0.1, 0.15) is 10.4 Å². The second-order valence-electron chi connectivity index (χ2n) is 4.61. The highest BCUT2D eigenvalue weighted by Gasteiger charge is 2.53. The molecule has 1 aliphatic carbocycles. The van der Waals surface area contributed by atoms with E-state index in [0.717, 1.165) is 13.1 Å². The lowest BCUT2D eigenvalue weighted by molar-refractivity contribution is 0.0947. The normalized spacial score (nSPS) is 28.2. The van der Waals surface area contributed by atoms with Gasteiger partial charge in [0, 0.05) is 24.2 Å². The molecule has 0 bridgehead atoms. The molecule has 1 heterocycles. The van der Waals surface area contributed by atoms with Crippen LogP contribution in [0.4, 0.5) is 0 Å². The molecule has 6 heteroatoms. The first-order chi connectivity index (χ1) is 8.16. The van der Waals surface area contributed by atoms with E-state index in [0.29, 0.717) is 33.5 Å². The predicted molar refractivity (Wildman–Crippen MR) is 74.8 cm³/mol. The Labute approximate surface area is 122 Å². The number of amides is 1. The maximum absolute atomic E-state index is 12.0. The van der Waals surface area contributed by atoms with E-state index in [1.54, 1.807) is 18.2 Å². The fourth-order valence-electron chi connectivity index (χ4n) is 2.54. The summed E-state index contributed by atoms with van der Waals surface area (Å²) < 4.78 is 0. The molecule has 1 saturated carbocycles. The Morgan fingerprint density at radius 1 is 1.28 bits per heavy atom. The van der Waals surface area contributed by atoms with Crippen LogP contribution in [0.5, 0.6) is 0 Å². The number of fused-ring (bicyclic) bond motifs is 1. The quantitative estimate of drug-likeness (QED) is 0.881. The third-order valence-electron chi connectivity index (χ3n) is 3.57. The molecule has 2 N–H and O–H groups in total. The van der Waals surface area contributed by atoms with Gasteiger partial charge in [-0.2, -0.15) is 0 Å². The SMILES string of the molecule is Cl.O=C(NC1C2CNCC21)c1ccc(Cl)cc1Cl. The van der Waals surface area contributed by atoms with E-state index in [2.05, 4.69) is 10.6 Å². The van der Waals surface area contributed by atoms with Crippen LogP contribution in [0.3, 0.4) is 0 Å². The van der Waals surface area contributed by atoms with Crippen molar-refractivity contribution in [2.75, 3.05) is 13.1 Å². The van der Waals surface area contributed by atoms with Crippen molar-refractivity contribution in [3.63, 3.8) is 0 Å². The number of benzene rings is 1. The summed E-state index contributed by atoms with van der Waals surface area (Å²) in [4.78, 5) is 12.0. The molecule has 98 valence electrons. The van der Waals surface area contributed by atoms with Crippen molar-refractivity contribution < 1.29 is 4.79 Å². The van der Waals surface area contributed by atoms with Crippen LogP contribution in [0.2, 0.25) is 10.0 Å². The molecule has 18 heavy (non-hydrogen) atoms. The molecule has 2 aliphatic rings. The summed E-state index contributed by atoms with van der Waals surface area (Å²) in [5.74, 6) is 1.10. The monoisotopic (exact) mass is 306 g/mol. The molecule has 2 atom stereocenters. The van der Waals surface area contributed by atoms with Crippen molar-refractivity contribution >= 4 is 41.5 Å². The number of nitrogens with one attached hydrogen (secondary N) is 2. The fraction of sp³-hybridized carbons (Fsp3) is 0.417. The van der Waals surface area contributed by atoms with Crippen molar-refractivity contribution in [2.45, 2.75) is 6.04 Å². The molecule has 0 aromatic heterocycles. The number of halogens is 3. The van der Waals surface area contributed by atoms with Gasteiger partial charge in [0.2, 0.25) is 0 Å². The minimum atomic E-state index is -0.105. The second kappa shape index (κ2) is 5.25. The molecular formula is C12H13Cl3N2O. The average Bonchev–Trinajstić information content (AvgIpc) is 2.74.